The van der Waals surface area contributed by atoms with E-state index in [0.29, 0.717) is 28.0 Å². The van der Waals surface area contributed by atoms with Gasteiger partial charge >= 0.3 is 17.9 Å². The van der Waals surface area contributed by atoms with E-state index in [2.05, 4.69) is 0 Å². The maximum absolute atomic E-state index is 13.3. The molecule has 5 rings (SSSR count). The highest BCUT2D eigenvalue weighted by Gasteiger charge is 2.50. The zero-order chi connectivity index (χ0) is 31.1. The highest BCUT2D eigenvalue weighted by molar-refractivity contribution is 6.03. The van der Waals surface area contributed by atoms with Crippen LogP contribution in [0.4, 0.5) is 11.4 Å². The van der Waals surface area contributed by atoms with Gasteiger partial charge in [-0.1, -0.05) is 0 Å². The molecule has 1 aliphatic carbocycles. The van der Waals surface area contributed by atoms with Gasteiger partial charge in [0.25, 0.3) is 0 Å². The number of ether oxygens (including phenoxy) is 4. The molecule has 3 aromatic carbocycles. The number of hydrogen-bond donors (Lipinski definition) is 1. The van der Waals surface area contributed by atoms with E-state index in [0.717, 1.165) is 11.4 Å². The lowest BCUT2D eigenvalue weighted by atomic mass is 9.75. The van der Waals surface area contributed by atoms with E-state index in [-0.39, 0.29) is 17.7 Å². The highest BCUT2D eigenvalue weighted by atomic mass is 16.6. The summed E-state index contributed by atoms with van der Waals surface area (Å²) in [6.45, 7) is 1.70. The van der Waals surface area contributed by atoms with Crippen molar-refractivity contribution >= 4 is 34.9 Å². The first-order valence-corrected chi connectivity index (χ1v) is 13.7. The number of rotatable bonds is 7. The van der Waals surface area contributed by atoms with Crippen LogP contribution in [0.1, 0.15) is 50.0 Å². The monoisotopic (exact) mass is 586 g/mol. The third-order valence-electron chi connectivity index (χ3n) is 7.74. The molecule has 1 N–H and O–H groups in total. The molecule has 1 aliphatic heterocycles. The van der Waals surface area contributed by atoms with Crippen molar-refractivity contribution in [3.63, 3.8) is 0 Å². The first-order valence-electron chi connectivity index (χ1n) is 13.7. The molecule has 0 radical (unpaired) electrons. The summed E-state index contributed by atoms with van der Waals surface area (Å²) in [4.78, 5) is 43.5. The average Bonchev–Trinajstić information content (AvgIpc) is 2.97. The van der Waals surface area contributed by atoms with Crippen LogP contribution in [0.3, 0.4) is 0 Å². The van der Waals surface area contributed by atoms with Crippen molar-refractivity contribution in [2.75, 3.05) is 45.1 Å². The van der Waals surface area contributed by atoms with Crippen molar-refractivity contribution in [2.24, 2.45) is 0 Å². The molecule has 10 nitrogen and oxygen atoms in total. The summed E-state index contributed by atoms with van der Waals surface area (Å²) < 4.78 is 23.1. The van der Waals surface area contributed by atoms with E-state index < -0.39 is 35.7 Å². The normalized spacial score (nSPS) is 20.5. The smallest absolute Gasteiger partial charge is 0.343 e. The van der Waals surface area contributed by atoms with Gasteiger partial charge in [0, 0.05) is 63.2 Å². The quantitative estimate of drug-likeness (QED) is 0.309. The minimum atomic E-state index is -1.25. The molecule has 3 atom stereocenters. The molecule has 43 heavy (non-hydrogen) atoms. The zero-order valence-electron chi connectivity index (χ0n) is 24.9. The molecule has 3 aromatic rings. The number of nitrogens with zero attached hydrogens (tertiary/aromatic N) is 2. The molecule has 2 aliphatic rings. The van der Waals surface area contributed by atoms with Crippen LogP contribution in [0.15, 0.2) is 66.7 Å². The van der Waals surface area contributed by atoms with Crippen molar-refractivity contribution in [1.82, 2.24) is 0 Å². The first-order chi connectivity index (χ1) is 20.4. The summed E-state index contributed by atoms with van der Waals surface area (Å²) in [5, 5.41) is 10.6. The Morgan fingerprint density at radius 3 is 1.93 bits per heavy atom. The summed E-state index contributed by atoms with van der Waals surface area (Å²) in [5.41, 5.74) is 2.06. The Labute approximate surface area is 250 Å². The van der Waals surface area contributed by atoms with Crippen LogP contribution in [-0.4, -0.2) is 76.1 Å². The second-order valence-corrected chi connectivity index (χ2v) is 11.2. The summed E-state index contributed by atoms with van der Waals surface area (Å²) >= 11 is 0. The Kier molecular flexibility index (Phi) is 7.79. The molecule has 0 saturated heterocycles. The molecule has 0 saturated carbocycles. The Morgan fingerprint density at radius 1 is 0.884 bits per heavy atom. The van der Waals surface area contributed by atoms with Gasteiger partial charge in [0.15, 0.2) is 6.10 Å². The lowest BCUT2D eigenvalue weighted by Gasteiger charge is -2.43. The third kappa shape index (κ3) is 5.73. The molecule has 0 spiro atoms. The summed E-state index contributed by atoms with van der Waals surface area (Å²) in [6, 6.07) is 16.8. The van der Waals surface area contributed by atoms with Crippen molar-refractivity contribution in [3.05, 3.63) is 89.0 Å². The van der Waals surface area contributed by atoms with E-state index in [4.69, 9.17) is 18.9 Å². The fourth-order valence-electron chi connectivity index (χ4n) is 5.34. The van der Waals surface area contributed by atoms with E-state index in [1.165, 1.54) is 13.2 Å². The molecular weight excluding hydrogens is 552 g/mol. The number of aromatic hydroxyl groups is 1. The number of fused-ring (bicyclic) bond motifs is 3. The Morgan fingerprint density at radius 2 is 1.42 bits per heavy atom. The number of anilines is 2. The van der Waals surface area contributed by atoms with Gasteiger partial charge in [0.1, 0.15) is 28.8 Å². The van der Waals surface area contributed by atoms with Crippen molar-refractivity contribution < 1.29 is 38.4 Å². The number of phenolic OH excluding ortho intramolecular Hbond substituents is 1. The van der Waals surface area contributed by atoms with E-state index in [1.807, 2.05) is 38.0 Å². The molecule has 0 fully saturated rings. The maximum Gasteiger partial charge on any atom is 0.343 e. The lowest BCUT2D eigenvalue weighted by Crippen LogP contribution is -2.49. The van der Waals surface area contributed by atoms with Gasteiger partial charge in [-0.2, -0.15) is 0 Å². The summed E-state index contributed by atoms with van der Waals surface area (Å²) in [6.07, 6.45) is -0.408. The van der Waals surface area contributed by atoms with Gasteiger partial charge in [-0.05, 0) is 67.6 Å². The van der Waals surface area contributed by atoms with Crippen LogP contribution in [-0.2, 0) is 14.2 Å². The average molecular weight is 587 g/mol. The van der Waals surface area contributed by atoms with Gasteiger partial charge in [-0.3, -0.25) is 0 Å². The van der Waals surface area contributed by atoms with Crippen LogP contribution >= 0.6 is 0 Å². The summed E-state index contributed by atoms with van der Waals surface area (Å²) in [7, 11) is 9.03. The molecule has 0 bridgehead atoms. The van der Waals surface area contributed by atoms with Crippen LogP contribution in [0.2, 0.25) is 0 Å². The van der Waals surface area contributed by atoms with Crippen molar-refractivity contribution in [2.45, 2.75) is 31.2 Å². The molecule has 10 heteroatoms. The third-order valence-corrected chi connectivity index (χ3v) is 7.74. The Bertz CT molecular complexity index is 1590. The van der Waals surface area contributed by atoms with E-state index in [9.17, 15) is 19.5 Å². The van der Waals surface area contributed by atoms with E-state index >= 15 is 0 Å². The van der Waals surface area contributed by atoms with Gasteiger partial charge in [0.05, 0.1) is 18.2 Å². The molecule has 224 valence electrons. The zero-order valence-corrected chi connectivity index (χ0v) is 24.9. The molecule has 1 heterocycles. The van der Waals surface area contributed by atoms with Crippen LogP contribution < -0.4 is 14.5 Å². The van der Waals surface area contributed by atoms with Gasteiger partial charge in [-0.15, -0.1) is 0 Å². The highest BCUT2D eigenvalue weighted by Crippen LogP contribution is 2.48. The SMILES string of the molecule is COc1cc(O)c2c(c1)C1=C[C@@H](OC(=O)c3ccc(N(C)C)cc3)[C@H](OC(=O)c3ccc(N(C)C)cc3)C[C@]1(C)OC2=O. The number of methoxy groups -OCH3 is 1. The first kappa shape index (κ1) is 29.5. The lowest BCUT2D eigenvalue weighted by molar-refractivity contribution is -0.0590. The largest absolute Gasteiger partial charge is 0.507 e. The Hall–Kier alpha value is -4.99. The van der Waals surface area contributed by atoms with E-state index in [1.54, 1.807) is 67.6 Å². The standard InChI is InChI=1S/C33H34N2O8/c1-33-18-28(42-31(38)20-9-13-22(14-10-20)35(4)5)27(41-30(37)19-7-11-21(12-8-19)34(2)3)17-25(33)24-15-23(40-6)16-26(36)29(24)32(39)43-33/h7-17,27-28,36H,18H2,1-6H3/t27-,28-,33+/m1/s1. The van der Waals surface area contributed by atoms with Crippen LogP contribution in [0, 0.1) is 0 Å². The molecule has 0 amide bonds. The van der Waals surface area contributed by atoms with Gasteiger partial charge in [-0.25, -0.2) is 14.4 Å². The number of benzene rings is 3. The van der Waals surface area contributed by atoms with Crippen molar-refractivity contribution in [1.29, 1.82) is 0 Å². The Balaban J connectivity index is 1.53. The van der Waals surface area contributed by atoms with Gasteiger partial charge in [0.2, 0.25) is 0 Å². The minimum absolute atomic E-state index is 0.00101. The summed E-state index contributed by atoms with van der Waals surface area (Å²) in [5.74, 6) is -1.93. The predicted molar refractivity (Wildman–Crippen MR) is 161 cm³/mol. The fraction of sp³-hybridized carbons (Fsp3) is 0.303. The molecular formula is C33H34N2O8. The van der Waals surface area contributed by atoms with Crippen LogP contribution in [0.5, 0.6) is 11.5 Å². The number of hydrogen-bond acceptors (Lipinski definition) is 10. The number of phenols is 1. The second-order valence-electron chi connectivity index (χ2n) is 11.2. The predicted octanol–water partition coefficient (Wildman–Crippen LogP) is 4.70. The van der Waals surface area contributed by atoms with Gasteiger partial charge < -0.3 is 33.9 Å². The van der Waals surface area contributed by atoms with Crippen molar-refractivity contribution in [3.8, 4) is 11.5 Å². The fourth-order valence-corrected chi connectivity index (χ4v) is 5.34. The number of carbonyl (C=O) groups is 3. The van der Waals surface area contributed by atoms with Crippen LogP contribution in [0.25, 0.3) is 5.57 Å². The number of esters is 3. The minimum Gasteiger partial charge on any atom is -0.507 e. The second kappa shape index (κ2) is 11.4. The maximum atomic E-state index is 13.3. The topological polar surface area (TPSA) is 115 Å². The molecule has 0 unspecified atom stereocenters. The molecule has 0 aromatic heterocycles. The number of carbonyl (C=O) groups excluding carboxylic acids is 3.